The summed E-state index contributed by atoms with van der Waals surface area (Å²) in [5.74, 6) is -0.246. The summed E-state index contributed by atoms with van der Waals surface area (Å²) in [4.78, 5) is 22.8. The van der Waals surface area contributed by atoms with Crippen molar-refractivity contribution in [3.8, 4) is 17.6 Å². The van der Waals surface area contributed by atoms with Crippen molar-refractivity contribution in [1.82, 2.24) is 0 Å². The number of nitrogens with one attached hydrogen (secondary N) is 1. The first-order chi connectivity index (χ1) is 15.9. The predicted molar refractivity (Wildman–Crippen MR) is 119 cm³/mol. The Labute approximate surface area is 188 Å². The topological polar surface area (TPSA) is 114 Å². The highest BCUT2D eigenvalue weighted by Gasteiger charge is 2.13. The second-order valence-electron chi connectivity index (χ2n) is 6.76. The molecule has 0 aliphatic heterocycles. The molecule has 0 fully saturated rings. The van der Waals surface area contributed by atoms with E-state index in [9.17, 15) is 24.6 Å². The van der Waals surface area contributed by atoms with E-state index in [1.54, 1.807) is 30.3 Å². The van der Waals surface area contributed by atoms with Crippen LogP contribution in [0.15, 0.2) is 72.3 Å². The van der Waals surface area contributed by atoms with Crippen molar-refractivity contribution in [3.63, 3.8) is 0 Å². The number of non-ortho nitro benzene ring substituents is 1. The van der Waals surface area contributed by atoms with Crippen molar-refractivity contribution in [2.75, 3.05) is 12.4 Å². The highest BCUT2D eigenvalue weighted by atomic mass is 19.1. The van der Waals surface area contributed by atoms with E-state index in [-0.39, 0.29) is 29.4 Å². The van der Waals surface area contributed by atoms with Gasteiger partial charge in [0.15, 0.2) is 11.5 Å². The Hall–Kier alpha value is -4.71. The molecule has 0 aromatic heterocycles. The molecular weight excluding hydrogens is 429 g/mol. The number of nitrogens with zero attached hydrogens (tertiary/aromatic N) is 2. The van der Waals surface area contributed by atoms with Gasteiger partial charge >= 0.3 is 0 Å². The summed E-state index contributed by atoms with van der Waals surface area (Å²) >= 11 is 0. The number of nitro groups is 1. The minimum atomic E-state index is -0.714. The normalized spacial score (nSPS) is 10.8. The number of rotatable bonds is 8. The Kier molecular flexibility index (Phi) is 7.34. The van der Waals surface area contributed by atoms with Crippen LogP contribution in [0.1, 0.15) is 11.1 Å². The lowest BCUT2D eigenvalue weighted by atomic mass is 10.1. The van der Waals surface area contributed by atoms with Gasteiger partial charge in [0.2, 0.25) is 0 Å². The van der Waals surface area contributed by atoms with Crippen LogP contribution in [0.25, 0.3) is 6.08 Å². The van der Waals surface area contributed by atoms with Gasteiger partial charge in [0.1, 0.15) is 24.1 Å². The summed E-state index contributed by atoms with van der Waals surface area (Å²) in [6.07, 6.45) is 1.36. The molecule has 0 atom stereocenters. The van der Waals surface area contributed by atoms with Gasteiger partial charge in [-0.3, -0.25) is 14.9 Å². The van der Waals surface area contributed by atoms with E-state index in [0.717, 1.165) is 5.56 Å². The number of nitriles is 1. The smallest absolute Gasteiger partial charge is 0.271 e. The van der Waals surface area contributed by atoms with E-state index >= 15 is 0 Å². The Bertz CT molecular complexity index is 1250. The highest BCUT2D eigenvalue weighted by Crippen LogP contribution is 2.30. The molecule has 0 unspecified atom stereocenters. The van der Waals surface area contributed by atoms with Gasteiger partial charge in [0, 0.05) is 17.8 Å². The number of nitro benzene ring substituents is 1. The maximum absolute atomic E-state index is 13.0. The molecule has 0 aliphatic carbocycles. The molecule has 1 N–H and O–H groups in total. The number of ether oxygens (including phenoxy) is 2. The van der Waals surface area contributed by atoms with Gasteiger partial charge in [0.05, 0.1) is 12.0 Å². The van der Waals surface area contributed by atoms with Gasteiger partial charge in [-0.1, -0.05) is 24.3 Å². The number of carbonyl (C=O) groups excluding carboxylic acids is 1. The van der Waals surface area contributed by atoms with E-state index in [0.29, 0.717) is 17.1 Å². The Balaban J connectivity index is 1.75. The zero-order chi connectivity index (χ0) is 23.8. The Morgan fingerprint density at radius 2 is 1.91 bits per heavy atom. The van der Waals surface area contributed by atoms with Crippen molar-refractivity contribution in [1.29, 1.82) is 5.26 Å². The van der Waals surface area contributed by atoms with Crippen LogP contribution in [0.5, 0.6) is 11.5 Å². The fourth-order valence-electron chi connectivity index (χ4n) is 2.85. The maximum Gasteiger partial charge on any atom is 0.271 e. The predicted octanol–water partition coefficient (Wildman–Crippen LogP) is 4.87. The number of carbonyl (C=O) groups is 1. The average molecular weight is 447 g/mol. The summed E-state index contributed by atoms with van der Waals surface area (Å²) in [6.45, 7) is 0.195. The first kappa shape index (κ1) is 23.0. The molecule has 0 heterocycles. The fraction of sp³-hybridized carbons (Fsp3) is 0.0833. The van der Waals surface area contributed by atoms with Gasteiger partial charge < -0.3 is 14.8 Å². The molecule has 0 radical (unpaired) electrons. The van der Waals surface area contributed by atoms with E-state index in [4.69, 9.17) is 9.47 Å². The standard InChI is InChI=1S/C24H18FN3O5/c1-32-23-12-17(7-10-22(23)33-15-16-5-8-19(25)9-6-16)11-18(14-26)24(29)27-20-3-2-4-21(13-20)28(30)31/h2-13H,15H2,1H3,(H,27,29)/b18-11+. The van der Waals surface area contributed by atoms with E-state index in [2.05, 4.69) is 5.32 Å². The molecule has 33 heavy (non-hydrogen) atoms. The minimum Gasteiger partial charge on any atom is -0.493 e. The second-order valence-corrected chi connectivity index (χ2v) is 6.76. The molecule has 0 bridgehead atoms. The number of hydrogen-bond donors (Lipinski definition) is 1. The molecule has 3 rings (SSSR count). The molecule has 1 amide bonds. The summed E-state index contributed by atoms with van der Waals surface area (Å²) in [6, 6.07) is 18.0. The third-order valence-corrected chi connectivity index (χ3v) is 4.49. The number of methoxy groups -OCH3 is 1. The van der Waals surface area contributed by atoms with Gasteiger partial charge in [-0.05, 0) is 47.5 Å². The molecule has 0 spiro atoms. The molecule has 0 saturated heterocycles. The van der Waals surface area contributed by atoms with Crippen LogP contribution in [-0.2, 0) is 11.4 Å². The third-order valence-electron chi connectivity index (χ3n) is 4.49. The number of halogens is 1. The molecule has 166 valence electrons. The first-order valence-electron chi connectivity index (χ1n) is 9.62. The van der Waals surface area contributed by atoms with Crippen molar-refractivity contribution < 1.29 is 23.6 Å². The largest absolute Gasteiger partial charge is 0.493 e. The van der Waals surface area contributed by atoms with Crippen LogP contribution >= 0.6 is 0 Å². The van der Waals surface area contributed by atoms with E-state index < -0.39 is 10.8 Å². The number of hydrogen-bond acceptors (Lipinski definition) is 6. The van der Waals surface area contributed by atoms with Crippen LogP contribution in [0.4, 0.5) is 15.8 Å². The molecule has 8 nitrogen and oxygen atoms in total. The van der Waals surface area contributed by atoms with Crippen molar-refractivity contribution in [2.45, 2.75) is 6.61 Å². The first-order valence-corrected chi connectivity index (χ1v) is 9.62. The van der Waals surface area contributed by atoms with Gasteiger partial charge in [0.25, 0.3) is 11.6 Å². The zero-order valence-corrected chi connectivity index (χ0v) is 17.4. The van der Waals surface area contributed by atoms with Crippen molar-refractivity contribution >= 4 is 23.4 Å². The number of benzene rings is 3. The van der Waals surface area contributed by atoms with Crippen LogP contribution < -0.4 is 14.8 Å². The fourth-order valence-corrected chi connectivity index (χ4v) is 2.85. The lowest BCUT2D eigenvalue weighted by Gasteiger charge is -2.12. The van der Waals surface area contributed by atoms with Gasteiger partial charge in [-0.2, -0.15) is 5.26 Å². The lowest BCUT2D eigenvalue weighted by molar-refractivity contribution is -0.384. The zero-order valence-electron chi connectivity index (χ0n) is 17.4. The molecule has 3 aromatic carbocycles. The third kappa shape index (κ3) is 6.15. The second kappa shape index (κ2) is 10.5. The van der Waals surface area contributed by atoms with E-state index in [1.165, 1.54) is 49.6 Å². The van der Waals surface area contributed by atoms with Gasteiger partial charge in [-0.25, -0.2) is 4.39 Å². The lowest BCUT2D eigenvalue weighted by Crippen LogP contribution is -2.13. The Morgan fingerprint density at radius 1 is 1.15 bits per heavy atom. The molecule has 0 aliphatic rings. The molecule has 3 aromatic rings. The van der Waals surface area contributed by atoms with Crippen LogP contribution in [0.3, 0.4) is 0 Å². The monoisotopic (exact) mass is 447 g/mol. The average Bonchev–Trinajstić information content (AvgIpc) is 2.82. The maximum atomic E-state index is 13.0. The van der Waals surface area contributed by atoms with Crippen LogP contribution in [0.2, 0.25) is 0 Å². The summed E-state index contributed by atoms with van der Waals surface area (Å²) in [5, 5.41) is 22.8. The van der Waals surface area contributed by atoms with Crippen LogP contribution in [0, 0.1) is 27.3 Å². The molecular formula is C24H18FN3O5. The molecule has 9 heteroatoms. The van der Waals surface area contributed by atoms with Crippen molar-refractivity contribution in [2.24, 2.45) is 0 Å². The quantitative estimate of drug-likeness (QED) is 0.228. The number of amides is 1. The SMILES string of the molecule is COc1cc(/C=C(\C#N)C(=O)Nc2cccc([N+](=O)[O-])c2)ccc1OCc1ccc(F)cc1. The highest BCUT2D eigenvalue weighted by molar-refractivity contribution is 6.09. The van der Waals surface area contributed by atoms with E-state index in [1.807, 2.05) is 6.07 Å². The van der Waals surface area contributed by atoms with Crippen molar-refractivity contribution in [3.05, 3.63) is 99.4 Å². The summed E-state index contributed by atoms with van der Waals surface area (Å²) in [7, 11) is 1.45. The van der Waals surface area contributed by atoms with Crippen LogP contribution in [-0.4, -0.2) is 17.9 Å². The minimum absolute atomic E-state index is 0.184. The van der Waals surface area contributed by atoms with Gasteiger partial charge in [-0.15, -0.1) is 0 Å². The summed E-state index contributed by atoms with van der Waals surface area (Å²) in [5.41, 5.74) is 1.08. The number of anilines is 1. The Morgan fingerprint density at radius 3 is 2.58 bits per heavy atom. The summed E-state index contributed by atoms with van der Waals surface area (Å²) < 4.78 is 24.1. The molecule has 0 saturated carbocycles.